The van der Waals surface area contributed by atoms with E-state index in [1.54, 1.807) is 11.3 Å². The van der Waals surface area contributed by atoms with Crippen LogP contribution in [0.15, 0.2) is 29.0 Å². The largest absolute Gasteiger partial charge is 0.465 e. The zero-order chi connectivity index (χ0) is 12.4. The van der Waals surface area contributed by atoms with Crippen LogP contribution in [0.5, 0.6) is 0 Å². The van der Waals surface area contributed by atoms with Gasteiger partial charge in [-0.1, -0.05) is 6.07 Å². The predicted octanol–water partition coefficient (Wildman–Crippen LogP) is 3.82. The first-order valence-electron chi connectivity index (χ1n) is 5.35. The Morgan fingerprint density at radius 3 is 2.41 bits per heavy atom. The van der Waals surface area contributed by atoms with Crippen molar-refractivity contribution in [3.05, 3.63) is 45.6 Å². The highest BCUT2D eigenvalue weighted by Gasteiger charge is 2.10. The highest BCUT2D eigenvalue weighted by Crippen LogP contribution is 2.29. The monoisotopic (exact) mass is 246 g/mol. The van der Waals surface area contributed by atoms with Crippen molar-refractivity contribution >= 4 is 17.3 Å². The van der Waals surface area contributed by atoms with Crippen LogP contribution in [0.3, 0.4) is 0 Å². The number of esters is 1. The molecule has 2 nitrogen and oxygen atoms in total. The first kappa shape index (κ1) is 11.9. The SMILES string of the molecule is COC(=O)c1ccc(-c2cscc2C)c(C)c1. The summed E-state index contributed by atoms with van der Waals surface area (Å²) < 4.78 is 4.71. The maximum absolute atomic E-state index is 11.4. The van der Waals surface area contributed by atoms with Crippen molar-refractivity contribution < 1.29 is 9.53 Å². The molecule has 0 atom stereocenters. The van der Waals surface area contributed by atoms with Gasteiger partial charge in [-0.3, -0.25) is 0 Å². The molecule has 0 aliphatic carbocycles. The van der Waals surface area contributed by atoms with Gasteiger partial charge >= 0.3 is 5.97 Å². The molecule has 0 aliphatic rings. The zero-order valence-corrected chi connectivity index (χ0v) is 10.9. The van der Waals surface area contributed by atoms with Gasteiger partial charge in [-0.15, -0.1) is 0 Å². The summed E-state index contributed by atoms with van der Waals surface area (Å²) in [5.41, 5.74) is 5.38. The Labute approximate surface area is 105 Å². The lowest BCUT2D eigenvalue weighted by atomic mass is 9.98. The van der Waals surface area contributed by atoms with Gasteiger partial charge in [-0.25, -0.2) is 4.79 Å². The quantitative estimate of drug-likeness (QED) is 0.753. The summed E-state index contributed by atoms with van der Waals surface area (Å²) in [6.07, 6.45) is 0. The van der Waals surface area contributed by atoms with Gasteiger partial charge < -0.3 is 4.74 Å². The van der Waals surface area contributed by atoms with Gasteiger partial charge in [0, 0.05) is 0 Å². The molecule has 0 radical (unpaired) electrons. The third kappa shape index (κ3) is 2.24. The molecule has 0 spiro atoms. The average Bonchev–Trinajstić information content (AvgIpc) is 2.74. The van der Waals surface area contributed by atoms with E-state index in [2.05, 4.69) is 17.7 Å². The van der Waals surface area contributed by atoms with Gasteiger partial charge in [-0.05, 0) is 59.0 Å². The lowest BCUT2D eigenvalue weighted by molar-refractivity contribution is 0.0600. The molecule has 1 aromatic heterocycles. The van der Waals surface area contributed by atoms with Gasteiger partial charge in [0.05, 0.1) is 12.7 Å². The van der Waals surface area contributed by atoms with Crippen molar-refractivity contribution in [3.63, 3.8) is 0 Å². The second kappa shape index (κ2) is 4.72. The zero-order valence-electron chi connectivity index (χ0n) is 10.1. The van der Waals surface area contributed by atoms with Crippen molar-refractivity contribution in [2.45, 2.75) is 13.8 Å². The molecule has 0 amide bonds. The lowest BCUT2D eigenvalue weighted by Gasteiger charge is -2.07. The molecule has 2 aromatic rings. The van der Waals surface area contributed by atoms with Crippen LogP contribution in [0, 0.1) is 13.8 Å². The molecule has 0 bridgehead atoms. The van der Waals surface area contributed by atoms with Crippen molar-refractivity contribution in [2.24, 2.45) is 0 Å². The minimum Gasteiger partial charge on any atom is -0.465 e. The molecule has 0 N–H and O–H groups in total. The Hall–Kier alpha value is -1.61. The maximum atomic E-state index is 11.4. The summed E-state index contributed by atoms with van der Waals surface area (Å²) in [6, 6.07) is 5.67. The molecule has 0 fully saturated rings. The van der Waals surface area contributed by atoms with Crippen molar-refractivity contribution in [1.82, 2.24) is 0 Å². The molecule has 17 heavy (non-hydrogen) atoms. The summed E-state index contributed by atoms with van der Waals surface area (Å²) >= 11 is 1.69. The van der Waals surface area contributed by atoms with E-state index in [-0.39, 0.29) is 5.97 Å². The molecule has 1 heterocycles. The highest BCUT2D eigenvalue weighted by atomic mass is 32.1. The van der Waals surface area contributed by atoms with E-state index < -0.39 is 0 Å². The van der Waals surface area contributed by atoms with E-state index in [4.69, 9.17) is 4.74 Å². The fraction of sp³-hybridized carbons (Fsp3) is 0.214. The molecule has 0 unspecified atom stereocenters. The standard InChI is InChI=1S/C14H14O2S/c1-9-6-11(14(15)16-3)4-5-12(9)13-8-17-7-10(13)2/h4-8H,1-3H3. The summed E-state index contributed by atoms with van der Waals surface area (Å²) in [4.78, 5) is 11.4. The van der Waals surface area contributed by atoms with Gasteiger partial charge in [0.25, 0.3) is 0 Å². The van der Waals surface area contributed by atoms with Crippen molar-refractivity contribution in [1.29, 1.82) is 0 Å². The third-order valence-electron chi connectivity index (χ3n) is 2.79. The smallest absolute Gasteiger partial charge is 0.337 e. The van der Waals surface area contributed by atoms with Gasteiger partial charge in [-0.2, -0.15) is 11.3 Å². The summed E-state index contributed by atoms with van der Waals surface area (Å²) in [6.45, 7) is 4.11. The fourth-order valence-corrected chi connectivity index (χ4v) is 2.70. The Bertz CT molecular complexity index is 555. The maximum Gasteiger partial charge on any atom is 0.337 e. The van der Waals surface area contributed by atoms with Crippen LogP contribution < -0.4 is 0 Å². The minimum atomic E-state index is -0.290. The normalized spacial score (nSPS) is 10.3. The topological polar surface area (TPSA) is 26.3 Å². The summed E-state index contributed by atoms with van der Waals surface area (Å²) in [7, 11) is 1.40. The van der Waals surface area contributed by atoms with Gasteiger partial charge in [0.15, 0.2) is 0 Å². The number of carbonyl (C=O) groups excluding carboxylic acids is 1. The van der Waals surface area contributed by atoms with Crippen molar-refractivity contribution in [3.8, 4) is 11.1 Å². The van der Waals surface area contributed by atoms with E-state index in [1.807, 2.05) is 25.1 Å². The Kier molecular flexibility index (Phi) is 3.29. The van der Waals surface area contributed by atoms with E-state index >= 15 is 0 Å². The van der Waals surface area contributed by atoms with Crippen molar-refractivity contribution in [2.75, 3.05) is 7.11 Å². The summed E-state index contributed by atoms with van der Waals surface area (Å²) in [5, 5.41) is 4.26. The number of hydrogen-bond acceptors (Lipinski definition) is 3. The molecule has 1 aromatic carbocycles. The number of carbonyl (C=O) groups is 1. The fourth-order valence-electron chi connectivity index (χ4n) is 1.85. The van der Waals surface area contributed by atoms with Gasteiger partial charge in [0.1, 0.15) is 0 Å². The average molecular weight is 246 g/mol. The number of benzene rings is 1. The molecule has 2 rings (SSSR count). The van der Waals surface area contributed by atoms with Crippen LogP contribution in [-0.4, -0.2) is 13.1 Å². The summed E-state index contributed by atoms with van der Waals surface area (Å²) in [5.74, 6) is -0.290. The van der Waals surface area contributed by atoms with Gasteiger partial charge in [0.2, 0.25) is 0 Å². The number of thiophene rings is 1. The third-order valence-corrected chi connectivity index (χ3v) is 3.65. The molecule has 0 saturated carbocycles. The predicted molar refractivity (Wildman–Crippen MR) is 70.6 cm³/mol. The highest BCUT2D eigenvalue weighted by molar-refractivity contribution is 7.08. The van der Waals surface area contributed by atoms with E-state index in [0.717, 1.165) is 5.56 Å². The number of ether oxygens (including phenoxy) is 1. The number of aryl methyl sites for hydroxylation is 2. The van der Waals surface area contributed by atoms with Crippen LogP contribution >= 0.6 is 11.3 Å². The Morgan fingerprint density at radius 2 is 1.88 bits per heavy atom. The molecule has 0 saturated heterocycles. The van der Waals surface area contributed by atoms with Crippen LogP contribution in [0.4, 0.5) is 0 Å². The first-order valence-corrected chi connectivity index (χ1v) is 6.30. The van der Waals surface area contributed by atoms with Crippen LogP contribution in [0.2, 0.25) is 0 Å². The molecular weight excluding hydrogens is 232 g/mol. The number of methoxy groups -OCH3 is 1. The molecule has 88 valence electrons. The number of rotatable bonds is 2. The van der Waals surface area contributed by atoms with E-state index in [9.17, 15) is 4.79 Å². The minimum absolute atomic E-state index is 0.290. The molecule has 0 aliphatic heterocycles. The second-order valence-corrected chi connectivity index (χ2v) is 4.73. The Morgan fingerprint density at radius 1 is 1.12 bits per heavy atom. The van der Waals surface area contributed by atoms with Crippen LogP contribution in [0.25, 0.3) is 11.1 Å². The molecule has 3 heteroatoms. The van der Waals surface area contributed by atoms with Crippen LogP contribution in [0.1, 0.15) is 21.5 Å². The number of hydrogen-bond donors (Lipinski definition) is 0. The second-order valence-electron chi connectivity index (χ2n) is 3.99. The first-order chi connectivity index (χ1) is 8.13. The Balaban J connectivity index is 2.46. The van der Waals surface area contributed by atoms with E-state index in [0.29, 0.717) is 5.56 Å². The van der Waals surface area contributed by atoms with Crippen LogP contribution in [-0.2, 0) is 4.74 Å². The molecular formula is C14H14O2S. The lowest BCUT2D eigenvalue weighted by Crippen LogP contribution is -2.01. The van der Waals surface area contributed by atoms with E-state index in [1.165, 1.54) is 23.8 Å².